The molecule has 0 aliphatic heterocycles. The Morgan fingerprint density at radius 3 is 2.71 bits per heavy atom. The van der Waals surface area contributed by atoms with Crippen LogP contribution in [0.2, 0.25) is 0 Å². The van der Waals surface area contributed by atoms with Crippen LogP contribution in [0.1, 0.15) is 12.0 Å². The van der Waals surface area contributed by atoms with Gasteiger partial charge in [0.2, 0.25) is 0 Å². The Kier molecular flexibility index (Phi) is 5.18. The quantitative estimate of drug-likeness (QED) is 0.542. The van der Waals surface area contributed by atoms with Crippen LogP contribution in [0.4, 0.5) is 17.3 Å². The van der Waals surface area contributed by atoms with E-state index in [1.54, 1.807) is 24.9 Å². The van der Waals surface area contributed by atoms with Crippen LogP contribution in [0.3, 0.4) is 0 Å². The van der Waals surface area contributed by atoms with E-state index in [0.29, 0.717) is 23.9 Å². The molecule has 24 heavy (non-hydrogen) atoms. The number of hydrogen-bond donors (Lipinski definition) is 3. The van der Waals surface area contributed by atoms with Crippen LogP contribution in [0, 0.1) is 0 Å². The fourth-order valence-electron chi connectivity index (χ4n) is 2.25. The molecule has 8 nitrogen and oxygen atoms in total. The number of nitrogens with one attached hydrogen (secondary N) is 2. The highest BCUT2D eigenvalue weighted by Gasteiger charge is 2.07. The third-order valence-corrected chi connectivity index (χ3v) is 3.51. The lowest BCUT2D eigenvalue weighted by molar-refractivity contribution is 0.660. The van der Waals surface area contributed by atoms with Crippen molar-refractivity contribution in [3.8, 4) is 0 Å². The molecular formula is C16H20N8. The number of nitrogens with zero attached hydrogens (tertiary/aromatic N) is 5. The lowest BCUT2D eigenvalue weighted by Crippen LogP contribution is -2.12. The lowest BCUT2D eigenvalue weighted by Gasteiger charge is -2.12. The van der Waals surface area contributed by atoms with Gasteiger partial charge in [-0.15, -0.1) is 0 Å². The molecule has 0 spiro atoms. The second-order valence-electron chi connectivity index (χ2n) is 5.28. The SMILES string of the molecule is Nc1c(NCCCn2ccnc2)ncnc1NCc1cccnc1. The molecule has 0 saturated carbocycles. The van der Waals surface area contributed by atoms with Crippen LogP contribution in [0.25, 0.3) is 0 Å². The van der Waals surface area contributed by atoms with E-state index in [1.807, 2.05) is 22.9 Å². The minimum atomic E-state index is 0.518. The van der Waals surface area contributed by atoms with Crippen molar-refractivity contribution in [3.63, 3.8) is 0 Å². The summed E-state index contributed by atoms with van der Waals surface area (Å²) < 4.78 is 2.03. The van der Waals surface area contributed by atoms with Crippen LogP contribution < -0.4 is 16.4 Å². The maximum atomic E-state index is 6.14. The number of pyridine rings is 1. The van der Waals surface area contributed by atoms with Gasteiger partial charge in [-0.05, 0) is 18.1 Å². The monoisotopic (exact) mass is 324 g/mol. The van der Waals surface area contributed by atoms with E-state index in [4.69, 9.17) is 5.73 Å². The normalized spacial score (nSPS) is 10.5. The summed E-state index contributed by atoms with van der Waals surface area (Å²) in [6.07, 6.45) is 11.5. The molecule has 3 aromatic rings. The first-order chi connectivity index (χ1) is 11.8. The molecule has 0 unspecified atom stereocenters. The molecule has 0 radical (unpaired) electrons. The number of rotatable bonds is 8. The highest BCUT2D eigenvalue weighted by atomic mass is 15.1. The first-order valence-electron chi connectivity index (χ1n) is 7.76. The van der Waals surface area contributed by atoms with E-state index in [1.165, 1.54) is 6.33 Å². The third-order valence-electron chi connectivity index (χ3n) is 3.51. The molecule has 0 aliphatic carbocycles. The molecule has 3 heterocycles. The Labute approximate surface area is 140 Å². The zero-order valence-corrected chi connectivity index (χ0v) is 13.3. The van der Waals surface area contributed by atoms with E-state index in [9.17, 15) is 0 Å². The number of imidazole rings is 1. The van der Waals surface area contributed by atoms with Crippen molar-refractivity contribution in [2.75, 3.05) is 22.9 Å². The van der Waals surface area contributed by atoms with Crippen molar-refractivity contribution in [3.05, 3.63) is 55.1 Å². The standard InChI is InChI=1S/C16H20N8/c17-14-15(20-5-2-7-24-8-6-19-12-24)22-11-23-16(14)21-10-13-3-1-4-18-9-13/h1,3-4,6,8-9,11-12H,2,5,7,10,17H2,(H2,20,21,22,23). The van der Waals surface area contributed by atoms with Crippen molar-refractivity contribution in [1.29, 1.82) is 0 Å². The number of aryl methyl sites for hydroxylation is 1. The average molecular weight is 324 g/mol. The molecule has 0 aromatic carbocycles. The van der Waals surface area contributed by atoms with E-state index >= 15 is 0 Å². The fraction of sp³-hybridized carbons (Fsp3) is 0.250. The zero-order valence-electron chi connectivity index (χ0n) is 13.3. The zero-order chi connectivity index (χ0) is 16.6. The Morgan fingerprint density at radius 1 is 1.08 bits per heavy atom. The molecule has 3 aromatic heterocycles. The second kappa shape index (κ2) is 7.91. The fourth-order valence-corrected chi connectivity index (χ4v) is 2.25. The minimum absolute atomic E-state index is 0.518. The molecule has 0 amide bonds. The largest absolute Gasteiger partial charge is 0.393 e. The van der Waals surface area contributed by atoms with Gasteiger partial charge in [0.1, 0.15) is 12.0 Å². The number of anilines is 3. The highest BCUT2D eigenvalue weighted by molar-refractivity contribution is 5.73. The summed E-state index contributed by atoms with van der Waals surface area (Å²) >= 11 is 0. The van der Waals surface area contributed by atoms with Gasteiger partial charge in [0.05, 0.1) is 6.33 Å². The second-order valence-corrected chi connectivity index (χ2v) is 5.28. The summed E-state index contributed by atoms with van der Waals surface area (Å²) in [7, 11) is 0. The minimum Gasteiger partial charge on any atom is -0.393 e. The molecule has 8 heteroatoms. The topological polar surface area (TPSA) is 107 Å². The van der Waals surface area contributed by atoms with Crippen molar-refractivity contribution in [2.45, 2.75) is 19.5 Å². The summed E-state index contributed by atoms with van der Waals surface area (Å²) in [6.45, 7) is 2.26. The predicted molar refractivity (Wildman–Crippen MR) is 93.3 cm³/mol. The Hall–Kier alpha value is -3.16. The van der Waals surface area contributed by atoms with Gasteiger partial charge in [0, 0.05) is 44.4 Å². The van der Waals surface area contributed by atoms with Gasteiger partial charge < -0.3 is 20.9 Å². The summed E-state index contributed by atoms with van der Waals surface area (Å²) in [4.78, 5) is 16.5. The lowest BCUT2D eigenvalue weighted by atomic mass is 10.3. The van der Waals surface area contributed by atoms with Gasteiger partial charge in [-0.25, -0.2) is 15.0 Å². The summed E-state index contributed by atoms with van der Waals surface area (Å²) in [5.74, 6) is 1.26. The molecule has 124 valence electrons. The molecule has 0 bridgehead atoms. The Bertz CT molecular complexity index is 742. The maximum Gasteiger partial charge on any atom is 0.155 e. The van der Waals surface area contributed by atoms with Gasteiger partial charge in [-0.2, -0.15) is 0 Å². The first-order valence-corrected chi connectivity index (χ1v) is 7.76. The van der Waals surface area contributed by atoms with Crippen LogP contribution in [-0.4, -0.2) is 31.0 Å². The number of nitrogens with two attached hydrogens (primary N) is 1. The van der Waals surface area contributed by atoms with Gasteiger partial charge in [-0.1, -0.05) is 6.07 Å². The average Bonchev–Trinajstić information content (AvgIpc) is 3.13. The van der Waals surface area contributed by atoms with Crippen molar-refractivity contribution >= 4 is 17.3 Å². The Balaban J connectivity index is 1.52. The molecule has 3 rings (SSSR count). The number of aromatic nitrogens is 5. The van der Waals surface area contributed by atoms with Gasteiger partial charge in [-0.3, -0.25) is 4.98 Å². The van der Waals surface area contributed by atoms with Gasteiger partial charge >= 0.3 is 0 Å². The van der Waals surface area contributed by atoms with Crippen LogP contribution in [0.15, 0.2) is 49.6 Å². The van der Waals surface area contributed by atoms with Crippen LogP contribution in [0.5, 0.6) is 0 Å². The molecule has 0 fully saturated rings. The number of nitrogen functional groups attached to an aromatic ring is 1. The molecular weight excluding hydrogens is 304 g/mol. The van der Waals surface area contributed by atoms with Crippen LogP contribution in [-0.2, 0) is 13.1 Å². The predicted octanol–water partition coefficient (Wildman–Crippen LogP) is 1.76. The molecule has 4 N–H and O–H groups in total. The van der Waals surface area contributed by atoms with Crippen molar-refractivity contribution < 1.29 is 0 Å². The molecule has 0 saturated heterocycles. The highest BCUT2D eigenvalue weighted by Crippen LogP contribution is 2.22. The van der Waals surface area contributed by atoms with Crippen molar-refractivity contribution in [1.82, 2.24) is 24.5 Å². The van der Waals surface area contributed by atoms with Crippen LogP contribution >= 0.6 is 0 Å². The third kappa shape index (κ3) is 4.19. The first kappa shape index (κ1) is 15.7. The summed E-state index contributed by atoms with van der Waals surface area (Å²) in [6, 6.07) is 3.89. The smallest absolute Gasteiger partial charge is 0.155 e. The summed E-state index contributed by atoms with van der Waals surface area (Å²) in [5, 5.41) is 6.47. The number of hydrogen-bond acceptors (Lipinski definition) is 7. The van der Waals surface area contributed by atoms with E-state index in [-0.39, 0.29) is 0 Å². The molecule has 0 aliphatic rings. The van der Waals surface area contributed by atoms with E-state index in [0.717, 1.165) is 25.1 Å². The van der Waals surface area contributed by atoms with Gasteiger partial charge in [0.25, 0.3) is 0 Å². The van der Waals surface area contributed by atoms with Crippen molar-refractivity contribution in [2.24, 2.45) is 0 Å². The van der Waals surface area contributed by atoms with E-state index in [2.05, 4.69) is 30.6 Å². The summed E-state index contributed by atoms with van der Waals surface area (Å²) in [5.41, 5.74) is 7.72. The van der Waals surface area contributed by atoms with Gasteiger partial charge in [0.15, 0.2) is 11.6 Å². The van der Waals surface area contributed by atoms with E-state index < -0.39 is 0 Å². The Morgan fingerprint density at radius 2 is 1.96 bits per heavy atom. The molecule has 0 atom stereocenters. The maximum absolute atomic E-state index is 6.14.